The first-order valence-electron chi connectivity index (χ1n) is 6.02. The van der Waals surface area contributed by atoms with Gasteiger partial charge in [-0.3, -0.25) is 14.7 Å². The molecule has 98 valence electrons. The van der Waals surface area contributed by atoms with Crippen molar-refractivity contribution >= 4 is 5.97 Å². The number of hydrogen-bond acceptors (Lipinski definition) is 4. The molecule has 5 nitrogen and oxygen atoms in total. The van der Waals surface area contributed by atoms with E-state index in [1.165, 1.54) is 0 Å². The average molecular weight is 250 g/mol. The molecule has 2 rings (SSSR count). The van der Waals surface area contributed by atoms with E-state index in [0.717, 1.165) is 36.8 Å². The van der Waals surface area contributed by atoms with E-state index in [-0.39, 0.29) is 12.3 Å². The molecule has 5 heteroatoms. The maximum Gasteiger partial charge on any atom is 0.303 e. The van der Waals surface area contributed by atoms with Gasteiger partial charge in [-0.2, -0.15) is 0 Å². The van der Waals surface area contributed by atoms with Crippen molar-refractivity contribution in [2.75, 3.05) is 20.2 Å². The molecular formula is C13H18N2O3. The van der Waals surface area contributed by atoms with E-state index in [9.17, 15) is 4.79 Å². The quantitative estimate of drug-likeness (QED) is 0.853. The average Bonchev–Trinajstić information content (AvgIpc) is 2.24. The van der Waals surface area contributed by atoms with Crippen LogP contribution < -0.4 is 4.74 Å². The summed E-state index contributed by atoms with van der Waals surface area (Å²) >= 11 is 0. The molecule has 1 aromatic heterocycles. The maximum atomic E-state index is 10.5. The third kappa shape index (κ3) is 3.20. The first-order valence-corrected chi connectivity index (χ1v) is 6.02. The van der Waals surface area contributed by atoms with E-state index in [2.05, 4.69) is 9.88 Å². The minimum atomic E-state index is -0.713. The summed E-state index contributed by atoms with van der Waals surface area (Å²) in [6, 6.07) is 3.82. The predicted molar refractivity (Wildman–Crippen MR) is 66.5 cm³/mol. The molecule has 1 saturated heterocycles. The molecule has 0 saturated carbocycles. The molecule has 1 N–H and O–H groups in total. The van der Waals surface area contributed by atoms with Gasteiger partial charge in [0.05, 0.1) is 19.2 Å². The zero-order chi connectivity index (χ0) is 13.1. The fourth-order valence-electron chi connectivity index (χ4n) is 2.31. The standard InChI is InChI=1S/C13H18N2O3/c1-9-3-12(18-2)5-11(14-9)8-15-6-10(7-15)4-13(16)17/h3,5,10H,4,6-8H2,1-2H3,(H,16,17). The fraction of sp³-hybridized carbons (Fsp3) is 0.538. The number of aliphatic carboxylic acids is 1. The Morgan fingerprint density at radius 2 is 2.28 bits per heavy atom. The summed E-state index contributed by atoms with van der Waals surface area (Å²) < 4.78 is 5.21. The largest absolute Gasteiger partial charge is 0.497 e. The van der Waals surface area contributed by atoms with Gasteiger partial charge < -0.3 is 9.84 Å². The van der Waals surface area contributed by atoms with Crippen LogP contribution in [0.4, 0.5) is 0 Å². The molecule has 2 heterocycles. The Balaban J connectivity index is 1.88. The van der Waals surface area contributed by atoms with Crippen molar-refractivity contribution in [3.8, 4) is 5.75 Å². The summed E-state index contributed by atoms with van der Waals surface area (Å²) in [5.41, 5.74) is 1.91. The lowest BCUT2D eigenvalue weighted by Crippen LogP contribution is -2.46. The molecule has 18 heavy (non-hydrogen) atoms. The highest BCUT2D eigenvalue weighted by Gasteiger charge is 2.28. The molecule has 0 atom stereocenters. The normalized spacial score (nSPS) is 16.3. The van der Waals surface area contributed by atoms with E-state index in [0.29, 0.717) is 0 Å². The minimum absolute atomic E-state index is 0.265. The van der Waals surface area contributed by atoms with Crippen molar-refractivity contribution in [1.29, 1.82) is 0 Å². The highest BCUT2D eigenvalue weighted by molar-refractivity contribution is 5.67. The van der Waals surface area contributed by atoms with Crippen LogP contribution in [0.3, 0.4) is 0 Å². The molecule has 0 unspecified atom stereocenters. The Morgan fingerprint density at radius 1 is 1.56 bits per heavy atom. The highest BCUT2D eigenvalue weighted by atomic mass is 16.5. The third-order valence-electron chi connectivity index (χ3n) is 3.10. The van der Waals surface area contributed by atoms with Gasteiger partial charge in [0.1, 0.15) is 5.75 Å². The van der Waals surface area contributed by atoms with Gasteiger partial charge in [-0.25, -0.2) is 0 Å². The summed E-state index contributed by atoms with van der Waals surface area (Å²) in [6.45, 7) is 4.37. The SMILES string of the molecule is COc1cc(C)nc(CN2CC(CC(=O)O)C2)c1. The predicted octanol–water partition coefficient (Wildman–Crippen LogP) is 1.31. The molecule has 0 amide bonds. The number of ether oxygens (including phenoxy) is 1. The van der Waals surface area contributed by atoms with Crippen molar-refractivity contribution in [2.24, 2.45) is 5.92 Å². The minimum Gasteiger partial charge on any atom is -0.497 e. The molecule has 0 aliphatic carbocycles. The zero-order valence-corrected chi connectivity index (χ0v) is 10.7. The molecule has 1 aromatic rings. The van der Waals surface area contributed by atoms with Crippen LogP contribution in [0.25, 0.3) is 0 Å². The van der Waals surface area contributed by atoms with Gasteiger partial charge in [0, 0.05) is 37.5 Å². The van der Waals surface area contributed by atoms with E-state index in [1.807, 2.05) is 19.1 Å². The van der Waals surface area contributed by atoms with Crippen LogP contribution in [0.15, 0.2) is 12.1 Å². The van der Waals surface area contributed by atoms with Crippen molar-refractivity contribution in [3.63, 3.8) is 0 Å². The molecule has 0 radical (unpaired) electrons. The molecule has 1 aliphatic rings. The number of rotatable bonds is 5. The summed E-state index contributed by atoms with van der Waals surface area (Å²) in [5.74, 6) is 0.393. The van der Waals surface area contributed by atoms with Crippen LogP contribution in [-0.4, -0.2) is 41.2 Å². The van der Waals surface area contributed by atoms with Gasteiger partial charge in [-0.1, -0.05) is 0 Å². The lowest BCUT2D eigenvalue weighted by molar-refractivity contribution is -0.139. The molecule has 1 fully saturated rings. The number of aryl methyl sites for hydroxylation is 1. The second-order valence-corrected chi connectivity index (χ2v) is 4.80. The lowest BCUT2D eigenvalue weighted by Gasteiger charge is -2.38. The van der Waals surface area contributed by atoms with Gasteiger partial charge in [0.25, 0.3) is 0 Å². The number of hydrogen-bond donors (Lipinski definition) is 1. The Kier molecular flexibility index (Phi) is 3.81. The molecule has 0 spiro atoms. The number of carboxylic acid groups (broad SMARTS) is 1. The second-order valence-electron chi connectivity index (χ2n) is 4.80. The number of aromatic nitrogens is 1. The highest BCUT2D eigenvalue weighted by Crippen LogP contribution is 2.22. The summed E-state index contributed by atoms with van der Waals surface area (Å²) in [4.78, 5) is 17.2. The van der Waals surface area contributed by atoms with Crippen molar-refractivity contribution in [2.45, 2.75) is 19.9 Å². The van der Waals surface area contributed by atoms with Crippen LogP contribution in [0, 0.1) is 12.8 Å². The van der Waals surface area contributed by atoms with E-state index in [4.69, 9.17) is 9.84 Å². The number of methoxy groups -OCH3 is 1. The summed E-state index contributed by atoms with van der Waals surface area (Å²) in [6.07, 6.45) is 0.265. The van der Waals surface area contributed by atoms with Gasteiger partial charge >= 0.3 is 5.97 Å². The number of pyridine rings is 1. The Labute approximate surface area is 106 Å². The zero-order valence-electron chi connectivity index (χ0n) is 10.7. The van der Waals surface area contributed by atoms with E-state index in [1.54, 1.807) is 7.11 Å². The molecular weight excluding hydrogens is 232 g/mol. The van der Waals surface area contributed by atoms with Crippen molar-refractivity contribution in [3.05, 3.63) is 23.5 Å². The number of nitrogens with zero attached hydrogens (tertiary/aromatic N) is 2. The van der Waals surface area contributed by atoms with Crippen LogP contribution in [0.1, 0.15) is 17.8 Å². The smallest absolute Gasteiger partial charge is 0.303 e. The van der Waals surface area contributed by atoms with Gasteiger partial charge in [-0.05, 0) is 12.8 Å². The Hall–Kier alpha value is -1.62. The molecule has 0 aromatic carbocycles. The van der Waals surface area contributed by atoms with Gasteiger partial charge in [-0.15, -0.1) is 0 Å². The first-order chi connectivity index (χ1) is 8.56. The number of carbonyl (C=O) groups is 1. The number of carboxylic acids is 1. The van der Waals surface area contributed by atoms with Crippen LogP contribution in [0.2, 0.25) is 0 Å². The van der Waals surface area contributed by atoms with Crippen molar-refractivity contribution in [1.82, 2.24) is 9.88 Å². The second kappa shape index (κ2) is 5.35. The Bertz CT molecular complexity index is 442. The van der Waals surface area contributed by atoms with Gasteiger partial charge in [0.2, 0.25) is 0 Å². The topological polar surface area (TPSA) is 62.7 Å². The fourth-order valence-corrected chi connectivity index (χ4v) is 2.31. The van der Waals surface area contributed by atoms with E-state index >= 15 is 0 Å². The van der Waals surface area contributed by atoms with Crippen LogP contribution >= 0.6 is 0 Å². The third-order valence-corrected chi connectivity index (χ3v) is 3.10. The van der Waals surface area contributed by atoms with E-state index < -0.39 is 5.97 Å². The van der Waals surface area contributed by atoms with Crippen molar-refractivity contribution < 1.29 is 14.6 Å². The lowest BCUT2D eigenvalue weighted by atomic mass is 9.96. The summed E-state index contributed by atoms with van der Waals surface area (Å²) in [7, 11) is 1.64. The molecule has 0 bridgehead atoms. The summed E-state index contributed by atoms with van der Waals surface area (Å²) in [5, 5.41) is 8.68. The van der Waals surface area contributed by atoms with Crippen LogP contribution in [0.5, 0.6) is 5.75 Å². The number of likely N-dealkylation sites (tertiary alicyclic amines) is 1. The van der Waals surface area contributed by atoms with Crippen LogP contribution in [-0.2, 0) is 11.3 Å². The monoisotopic (exact) mass is 250 g/mol. The van der Waals surface area contributed by atoms with Gasteiger partial charge in [0.15, 0.2) is 0 Å². The first kappa shape index (κ1) is 12.8. The molecule has 1 aliphatic heterocycles. The Morgan fingerprint density at radius 3 is 2.89 bits per heavy atom. The maximum absolute atomic E-state index is 10.5.